The molecule has 0 radical (unpaired) electrons. The third-order valence-electron chi connectivity index (χ3n) is 2.69. The number of nitrogens with one attached hydrogen (secondary N) is 1. The van der Waals surface area contributed by atoms with Gasteiger partial charge in [0.1, 0.15) is 15.7 Å². The molecule has 108 valence electrons. The highest BCUT2D eigenvalue weighted by molar-refractivity contribution is 7.89. The molecule has 0 bridgehead atoms. The van der Waals surface area contributed by atoms with Gasteiger partial charge < -0.3 is 5.73 Å². The molecule has 0 saturated heterocycles. The summed E-state index contributed by atoms with van der Waals surface area (Å²) in [6, 6.07) is 1.96. The predicted octanol–water partition coefficient (Wildman–Crippen LogP) is 2.21. The molecule has 0 amide bonds. The average Bonchev–Trinajstić information content (AvgIpc) is 2.86. The Balaban J connectivity index is 2.36. The molecular formula is C12H14FN3O2S2. The van der Waals surface area contributed by atoms with Gasteiger partial charge in [0.25, 0.3) is 0 Å². The van der Waals surface area contributed by atoms with Crippen molar-refractivity contribution in [3.63, 3.8) is 0 Å². The summed E-state index contributed by atoms with van der Waals surface area (Å²) in [4.78, 5) is 3.58. The largest absolute Gasteiger partial charge is 0.399 e. The summed E-state index contributed by atoms with van der Waals surface area (Å²) in [6.45, 7) is 3.11. The topological polar surface area (TPSA) is 85.1 Å². The van der Waals surface area contributed by atoms with Gasteiger partial charge in [-0.15, -0.1) is 11.3 Å². The highest BCUT2D eigenvalue weighted by atomic mass is 32.2. The molecule has 0 fully saturated rings. The maximum absolute atomic E-state index is 14.0. The number of halogens is 1. The van der Waals surface area contributed by atoms with Crippen LogP contribution in [0.15, 0.2) is 28.6 Å². The Kier molecular flexibility index (Phi) is 4.07. The van der Waals surface area contributed by atoms with Crippen molar-refractivity contribution in [2.75, 3.05) is 5.73 Å². The first-order valence-electron chi connectivity index (χ1n) is 5.78. The molecule has 8 heteroatoms. The zero-order valence-electron chi connectivity index (χ0n) is 10.9. The molecule has 0 aliphatic carbocycles. The van der Waals surface area contributed by atoms with Crippen LogP contribution in [0.4, 0.5) is 10.1 Å². The van der Waals surface area contributed by atoms with Crippen LogP contribution < -0.4 is 10.5 Å². The second kappa shape index (κ2) is 5.47. The molecule has 2 aromatic rings. The SMILES string of the molecule is Cc1cc(N)cc(S(=O)(=O)NC(C)c2nccs2)c1F. The molecular weight excluding hydrogens is 301 g/mol. The third-order valence-corrected chi connectivity index (χ3v) is 5.18. The molecule has 0 aliphatic rings. The smallest absolute Gasteiger partial charge is 0.244 e. The van der Waals surface area contributed by atoms with Crippen LogP contribution in [0, 0.1) is 12.7 Å². The van der Waals surface area contributed by atoms with E-state index >= 15 is 0 Å². The van der Waals surface area contributed by atoms with E-state index in [9.17, 15) is 12.8 Å². The Morgan fingerprint density at radius 3 is 2.75 bits per heavy atom. The molecule has 1 atom stereocenters. The number of benzene rings is 1. The molecule has 0 spiro atoms. The average molecular weight is 315 g/mol. The van der Waals surface area contributed by atoms with Crippen LogP contribution in [0.1, 0.15) is 23.5 Å². The molecule has 1 aromatic carbocycles. The predicted molar refractivity (Wildman–Crippen MR) is 76.4 cm³/mol. The van der Waals surface area contributed by atoms with Gasteiger partial charge in [-0.1, -0.05) is 0 Å². The normalized spacial score (nSPS) is 13.3. The van der Waals surface area contributed by atoms with Crippen molar-refractivity contribution in [3.8, 4) is 0 Å². The molecule has 2 rings (SSSR count). The second-order valence-corrected chi connectivity index (χ2v) is 6.97. The van der Waals surface area contributed by atoms with Crippen molar-refractivity contribution in [1.82, 2.24) is 9.71 Å². The Morgan fingerprint density at radius 2 is 2.15 bits per heavy atom. The van der Waals surface area contributed by atoms with Gasteiger partial charge in [0.15, 0.2) is 0 Å². The lowest BCUT2D eigenvalue weighted by atomic mass is 10.2. The summed E-state index contributed by atoms with van der Waals surface area (Å²) >= 11 is 1.32. The standard InChI is InChI=1S/C12H14FN3O2S2/c1-7-5-9(14)6-10(11(7)13)20(17,18)16-8(2)12-15-3-4-19-12/h3-6,8,16H,14H2,1-2H3. The molecule has 20 heavy (non-hydrogen) atoms. The monoisotopic (exact) mass is 315 g/mol. The van der Waals surface area contributed by atoms with Crippen LogP contribution in [-0.4, -0.2) is 13.4 Å². The number of anilines is 1. The summed E-state index contributed by atoms with van der Waals surface area (Å²) < 4.78 is 40.8. The van der Waals surface area contributed by atoms with E-state index in [2.05, 4.69) is 9.71 Å². The van der Waals surface area contributed by atoms with Crippen LogP contribution >= 0.6 is 11.3 Å². The number of hydrogen-bond donors (Lipinski definition) is 2. The van der Waals surface area contributed by atoms with Gasteiger partial charge in [-0.25, -0.2) is 22.5 Å². The first-order valence-corrected chi connectivity index (χ1v) is 8.15. The minimum absolute atomic E-state index is 0.187. The van der Waals surface area contributed by atoms with Gasteiger partial charge in [-0.05, 0) is 31.5 Å². The molecule has 1 heterocycles. The van der Waals surface area contributed by atoms with E-state index in [-0.39, 0.29) is 11.3 Å². The van der Waals surface area contributed by atoms with E-state index in [0.29, 0.717) is 5.01 Å². The van der Waals surface area contributed by atoms with Gasteiger partial charge in [0.05, 0.1) is 6.04 Å². The van der Waals surface area contributed by atoms with Crippen LogP contribution in [0.3, 0.4) is 0 Å². The van der Waals surface area contributed by atoms with Crippen molar-refractivity contribution < 1.29 is 12.8 Å². The minimum atomic E-state index is -4.00. The van der Waals surface area contributed by atoms with Gasteiger partial charge >= 0.3 is 0 Å². The summed E-state index contributed by atoms with van der Waals surface area (Å²) in [5.41, 5.74) is 5.97. The summed E-state index contributed by atoms with van der Waals surface area (Å²) in [7, 11) is -4.00. The van der Waals surface area contributed by atoms with E-state index in [1.165, 1.54) is 24.3 Å². The van der Waals surface area contributed by atoms with Gasteiger partial charge in [-0.2, -0.15) is 0 Å². The van der Waals surface area contributed by atoms with E-state index in [1.807, 2.05) is 0 Å². The molecule has 1 aromatic heterocycles. The lowest BCUT2D eigenvalue weighted by Crippen LogP contribution is -2.28. The fraction of sp³-hybridized carbons (Fsp3) is 0.250. The maximum Gasteiger partial charge on any atom is 0.244 e. The molecule has 3 N–H and O–H groups in total. The number of nitrogens with two attached hydrogens (primary N) is 1. The summed E-state index contributed by atoms with van der Waals surface area (Å²) in [6.07, 6.45) is 1.58. The first kappa shape index (κ1) is 14.9. The Labute approximate surface area is 120 Å². The number of thiazole rings is 1. The van der Waals surface area contributed by atoms with Crippen molar-refractivity contribution >= 4 is 27.0 Å². The maximum atomic E-state index is 14.0. The zero-order chi connectivity index (χ0) is 14.9. The highest BCUT2D eigenvalue weighted by Crippen LogP contribution is 2.24. The third kappa shape index (κ3) is 2.97. The van der Waals surface area contributed by atoms with E-state index in [1.54, 1.807) is 18.5 Å². The minimum Gasteiger partial charge on any atom is -0.399 e. The summed E-state index contributed by atoms with van der Waals surface area (Å²) in [5, 5.41) is 2.35. The number of aryl methyl sites for hydroxylation is 1. The second-order valence-electron chi connectivity index (χ2n) is 4.36. The van der Waals surface area contributed by atoms with Crippen molar-refractivity contribution in [3.05, 3.63) is 40.1 Å². The number of nitrogen functional groups attached to an aromatic ring is 1. The molecule has 0 aliphatic heterocycles. The van der Waals surface area contributed by atoms with Crippen LogP contribution in [-0.2, 0) is 10.0 Å². The van der Waals surface area contributed by atoms with Crippen molar-refractivity contribution in [2.24, 2.45) is 0 Å². The number of sulfonamides is 1. The van der Waals surface area contributed by atoms with Gasteiger partial charge in [0.2, 0.25) is 10.0 Å². The number of nitrogens with zero attached hydrogens (tertiary/aromatic N) is 1. The zero-order valence-corrected chi connectivity index (χ0v) is 12.6. The molecule has 0 saturated carbocycles. The van der Waals surface area contributed by atoms with Crippen LogP contribution in [0.25, 0.3) is 0 Å². The fourth-order valence-electron chi connectivity index (χ4n) is 1.75. The lowest BCUT2D eigenvalue weighted by Gasteiger charge is -2.13. The van der Waals surface area contributed by atoms with Crippen LogP contribution in [0.2, 0.25) is 0 Å². The van der Waals surface area contributed by atoms with Gasteiger partial charge in [-0.3, -0.25) is 0 Å². The Bertz CT molecular complexity index is 715. The van der Waals surface area contributed by atoms with Crippen molar-refractivity contribution in [1.29, 1.82) is 0 Å². The molecule has 1 unspecified atom stereocenters. The summed E-state index contributed by atoms with van der Waals surface area (Å²) in [5.74, 6) is -0.793. The Hall–Kier alpha value is -1.51. The molecule has 5 nitrogen and oxygen atoms in total. The van der Waals surface area contributed by atoms with Crippen molar-refractivity contribution in [2.45, 2.75) is 24.8 Å². The number of hydrogen-bond acceptors (Lipinski definition) is 5. The number of aromatic nitrogens is 1. The lowest BCUT2D eigenvalue weighted by molar-refractivity contribution is 0.543. The fourth-order valence-corrected chi connectivity index (χ4v) is 3.87. The van der Waals surface area contributed by atoms with E-state index in [0.717, 1.165) is 6.07 Å². The number of rotatable bonds is 4. The Morgan fingerprint density at radius 1 is 1.45 bits per heavy atom. The van der Waals surface area contributed by atoms with E-state index < -0.39 is 26.8 Å². The quantitative estimate of drug-likeness (QED) is 0.847. The highest BCUT2D eigenvalue weighted by Gasteiger charge is 2.24. The van der Waals surface area contributed by atoms with E-state index in [4.69, 9.17) is 5.73 Å². The first-order chi connectivity index (χ1) is 9.31. The van der Waals surface area contributed by atoms with Gasteiger partial charge in [0, 0.05) is 17.3 Å². The van der Waals surface area contributed by atoms with Crippen LogP contribution in [0.5, 0.6) is 0 Å².